The Morgan fingerprint density at radius 2 is 2.10 bits per heavy atom. The molecule has 1 amide bonds. The second-order valence-corrected chi connectivity index (χ2v) is 5.23. The number of nitrogens with one attached hydrogen (secondary N) is 1. The number of rotatable bonds is 5. The van der Waals surface area contributed by atoms with Crippen LogP contribution in [0.3, 0.4) is 0 Å². The minimum Gasteiger partial charge on any atom is -0.493 e. The van der Waals surface area contributed by atoms with E-state index in [9.17, 15) is 9.90 Å². The molecule has 2 N–H and O–H groups in total. The predicted molar refractivity (Wildman–Crippen MR) is 79.9 cm³/mol. The fourth-order valence-electron chi connectivity index (χ4n) is 2.61. The lowest BCUT2D eigenvalue weighted by molar-refractivity contribution is 0.0717. The molecule has 0 spiro atoms. The van der Waals surface area contributed by atoms with Gasteiger partial charge in [0.2, 0.25) is 0 Å². The molecule has 0 aromatic heterocycles. The Balaban J connectivity index is 2.08. The van der Waals surface area contributed by atoms with Gasteiger partial charge in [-0.3, -0.25) is 4.79 Å². The van der Waals surface area contributed by atoms with Crippen LogP contribution in [0.25, 0.3) is 0 Å². The summed E-state index contributed by atoms with van der Waals surface area (Å²) in [5.74, 6) is 0.963. The van der Waals surface area contributed by atoms with Crippen molar-refractivity contribution in [3.8, 4) is 11.5 Å². The number of hydrogen-bond acceptors (Lipinski definition) is 4. The number of methoxy groups -OCH3 is 1. The third-order valence-electron chi connectivity index (χ3n) is 3.77. The van der Waals surface area contributed by atoms with E-state index in [1.54, 1.807) is 25.3 Å². The standard InChI is InChI=1S/C16H23NO4/c1-3-21-14-9-8-11(10-15(14)20-2)16(19)17-12-6-4-5-7-13(12)18/h8-10,12-13,18H,3-7H2,1-2H3,(H,17,19)/t12-,13-/m1/s1. The summed E-state index contributed by atoms with van der Waals surface area (Å²) in [7, 11) is 1.55. The van der Waals surface area contributed by atoms with Crippen molar-refractivity contribution in [2.24, 2.45) is 0 Å². The first kappa shape index (κ1) is 15.6. The van der Waals surface area contributed by atoms with Gasteiger partial charge in [-0.25, -0.2) is 0 Å². The first-order valence-electron chi connectivity index (χ1n) is 7.45. The van der Waals surface area contributed by atoms with Crippen molar-refractivity contribution in [1.82, 2.24) is 5.32 Å². The molecule has 1 fully saturated rings. The fourth-order valence-corrected chi connectivity index (χ4v) is 2.61. The van der Waals surface area contributed by atoms with Crippen LogP contribution in [0.4, 0.5) is 0 Å². The predicted octanol–water partition coefficient (Wildman–Crippen LogP) is 2.13. The molecule has 0 radical (unpaired) electrons. The van der Waals surface area contributed by atoms with E-state index in [2.05, 4.69) is 5.32 Å². The number of benzene rings is 1. The van der Waals surface area contributed by atoms with Crippen molar-refractivity contribution in [2.45, 2.75) is 44.8 Å². The molecule has 5 heteroatoms. The van der Waals surface area contributed by atoms with Gasteiger partial charge in [0.15, 0.2) is 11.5 Å². The van der Waals surface area contributed by atoms with Crippen LogP contribution in [0.5, 0.6) is 11.5 Å². The summed E-state index contributed by atoms with van der Waals surface area (Å²) in [5.41, 5.74) is 0.507. The maximum absolute atomic E-state index is 12.3. The van der Waals surface area contributed by atoms with Gasteiger partial charge in [0, 0.05) is 5.56 Å². The summed E-state index contributed by atoms with van der Waals surface area (Å²) in [6, 6.07) is 4.94. The molecule has 1 aromatic rings. The average Bonchev–Trinajstić information content (AvgIpc) is 2.50. The molecule has 0 saturated heterocycles. The molecule has 1 saturated carbocycles. The van der Waals surface area contributed by atoms with Crippen LogP contribution in [0, 0.1) is 0 Å². The lowest BCUT2D eigenvalue weighted by Gasteiger charge is -2.28. The number of carbonyl (C=O) groups is 1. The molecule has 0 bridgehead atoms. The van der Waals surface area contributed by atoms with Crippen molar-refractivity contribution >= 4 is 5.91 Å². The van der Waals surface area contributed by atoms with Gasteiger partial charge in [-0.15, -0.1) is 0 Å². The van der Waals surface area contributed by atoms with Crippen molar-refractivity contribution in [1.29, 1.82) is 0 Å². The third kappa shape index (κ3) is 3.88. The first-order valence-corrected chi connectivity index (χ1v) is 7.45. The Bertz CT molecular complexity index is 489. The number of amides is 1. The van der Waals surface area contributed by atoms with E-state index >= 15 is 0 Å². The quantitative estimate of drug-likeness (QED) is 0.872. The molecule has 2 atom stereocenters. The molecule has 0 aliphatic heterocycles. The summed E-state index contributed by atoms with van der Waals surface area (Å²) in [4.78, 5) is 12.3. The molecule has 116 valence electrons. The highest BCUT2D eigenvalue weighted by Crippen LogP contribution is 2.28. The molecule has 1 aliphatic carbocycles. The Kier molecular flexibility index (Phi) is 5.44. The van der Waals surface area contributed by atoms with Gasteiger partial charge >= 0.3 is 0 Å². The number of carbonyl (C=O) groups excluding carboxylic acids is 1. The normalized spacial score (nSPS) is 21.7. The highest BCUT2D eigenvalue weighted by atomic mass is 16.5. The number of aliphatic hydroxyl groups is 1. The van der Waals surface area contributed by atoms with Gasteiger partial charge in [-0.05, 0) is 38.0 Å². The van der Waals surface area contributed by atoms with Gasteiger partial charge in [-0.2, -0.15) is 0 Å². The number of hydrogen-bond donors (Lipinski definition) is 2. The first-order chi connectivity index (χ1) is 10.2. The maximum Gasteiger partial charge on any atom is 0.251 e. The lowest BCUT2D eigenvalue weighted by atomic mass is 9.92. The molecule has 5 nitrogen and oxygen atoms in total. The van der Waals surface area contributed by atoms with E-state index in [1.165, 1.54) is 0 Å². The van der Waals surface area contributed by atoms with E-state index < -0.39 is 6.10 Å². The Hall–Kier alpha value is -1.75. The monoisotopic (exact) mass is 293 g/mol. The van der Waals surface area contributed by atoms with Crippen LogP contribution in [0.1, 0.15) is 43.0 Å². The van der Waals surface area contributed by atoms with Crippen LogP contribution in [-0.4, -0.2) is 36.9 Å². The van der Waals surface area contributed by atoms with Crippen molar-refractivity contribution in [3.63, 3.8) is 0 Å². The van der Waals surface area contributed by atoms with Gasteiger partial charge in [0.25, 0.3) is 5.91 Å². The van der Waals surface area contributed by atoms with E-state index in [-0.39, 0.29) is 11.9 Å². The van der Waals surface area contributed by atoms with Crippen LogP contribution in [0.15, 0.2) is 18.2 Å². The molecule has 1 aromatic carbocycles. The molecule has 0 heterocycles. The van der Waals surface area contributed by atoms with Crippen LogP contribution in [0.2, 0.25) is 0 Å². The summed E-state index contributed by atoms with van der Waals surface area (Å²) >= 11 is 0. The summed E-state index contributed by atoms with van der Waals surface area (Å²) < 4.78 is 10.7. The van der Waals surface area contributed by atoms with Gasteiger partial charge in [0.05, 0.1) is 25.9 Å². The maximum atomic E-state index is 12.3. The number of aliphatic hydroxyl groups excluding tert-OH is 1. The SMILES string of the molecule is CCOc1ccc(C(=O)N[C@@H]2CCCC[C@H]2O)cc1OC. The molecular formula is C16H23NO4. The second-order valence-electron chi connectivity index (χ2n) is 5.23. The Morgan fingerprint density at radius 1 is 1.33 bits per heavy atom. The summed E-state index contributed by atoms with van der Waals surface area (Å²) in [5, 5.41) is 12.8. The largest absolute Gasteiger partial charge is 0.493 e. The summed E-state index contributed by atoms with van der Waals surface area (Å²) in [6.07, 6.45) is 3.17. The zero-order chi connectivity index (χ0) is 15.2. The van der Waals surface area contributed by atoms with Gasteiger partial charge < -0.3 is 19.9 Å². The van der Waals surface area contributed by atoms with Crippen LogP contribution < -0.4 is 14.8 Å². The van der Waals surface area contributed by atoms with Crippen LogP contribution in [-0.2, 0) is 0 Å². The molecular weight excluding hydrogens is 270 g/mol. The Labute approximate surface area is 125 Å². The van der Waals surface area contributed by atoms with E-state index in [1.807, 2.05) is 6.92 Å². The van der Waals surface area contributed by atoms with Crippen molar-refractivity contribution in [3.05, 3.63) is 23.8 Å². The van der Waals surface area contributed by atoms with Gasteiger partial charge in [-0.1, -0.05) is 12.8 Å². The number of ether oxygens (including phenoxy) is 2. The molecule has 21 heavy (non-hydrogen) atoms. The topological polar surface area (TPSA) is 67.8 Å². The van der Waals surface area contributed by atoms with E-state index in [0.717, 1.165) is 25.7 Å². The highest BCUT2D eigenvalue weighted by molar-refractivity contribution is 5.95. The van der Waals surface area contributed by atoms with Crippen LogP contribution >= 0.6 is 0 Å². The Morgan fingerprint density at radius 3 is 2.76 bits per heavy atom. The van der Waals surface area contributed by atoms with Crippen molar-refractivity contribution in [2.75, 3.05) is 13.7 Å². The molecule has 0 unspecified atom stereocenters. The molecule has 1 aliphatic rings. The fraction of sp³-hybridized carbons (Fsp3) is 0.562. The smallest absolute Gasteiger partial charge is 0.251 e. The minimum atomic E-state index is -0.452. The zero-order valence-corrected chi connectivity index (χ0v) is 12.6. The highest BCUT2D eigenvalue weighted by Gasteiger charge is 2.25. The van der Waals surface area contributed by atoms with Gasteiger partial charge in [0.1, 0.15) is 0 Å². The zero-order valence-electron chi connectivity index (χ0n) is 12.6. The lowest BCUT2D eigenvalue weighted by Crippen LogP contribution is -2.45. The van der Waals surface area contributed by atoms with E-state index in [0.29, 0.717) is 23.7 Å². The minimum absolute atomic E-state index is 0.163. The molecule has 2 rings (SSSR count). The third-order valence-corrected chi connectivity index (χ3v) is 3.77. The van der Waals surface area contributed by atoms with Crippen molar-refractivity contribution < 1.29 is 19.4 Å². The average molecular weight is 293 g/mol. The van der Waals surface area contributed by atoms with E-state index in [4.69, 9.17) is 9.47 Å². The second kappa shape index (κ2) is 7.31. The summed E-state index contributed by atoms with van der Waals surface area (Å²) in [6.45, 7) is 2.43.